The molecule has 0 unspecified atom stereocenters. The Labute approximate surface area is 149 Å². The molecule has 130 valence electrons. The maximum atomic E-state index is 11.4. The third-order valence-electron chi connectivity index (χ3n) is 4.76. The summed E-state index contributed by atoms with van der Waals surface area (Å²) in [6.45, 7) is 11.6. The van der Waals surface area contributed by atoms with Crippen molar-refractivity contribution in [2.75, 3.05) is 11.5 Å². The zero-order chi connectivity index (χ0) is 18.1. The monoisotopic (exact) mass is 347 g/mol. The summed E-state index contributed by atoms with van der Waals surface area (Å²) in [6.07, 6.45) is 2.03. The SMILES string of the molecule is CC(=O)SCC(=Cc1cccc(N)c1C)B1OC(C)(C)C(C)(C)O1. The van der Waals surface area contributed by atoms with Gasteiger partial charge in [0.05, 0.1) is 11.2 Å². The van der Waals surface area contributed by atoms with Crippen molar-refractivity contribution in [2.45, 2.75) is 52.7 Å². The summed E-state index contributed by atoms with van der Waals surface area (Å²) in [6, 6.07) is 5.81. The van der Waals surface area contributed by atoms with Gasteiger partial charge < -0.3 is 15.0 Å². The summed E-state index contributed by atoms with van der Waals surface area (Å²) < 4.78 is 12.3. The molecule has 24 heavy (non-hydrogen) atoms. The maximum absolute atomic E-state index is 11.4. The number of hydrogen-bond donors (Lipinski definition) is 1. The molecule has 1 aliphatic rings. The number of carbonyl (C=O) groups excluding carboxylic acids is 1. The van der Waals surface area contributed by atoms with Gasteiger partial charge in [0.15, 0.2) is 5.12 Å². The molecule has 1 aromatic rings. The van der Waals surface area contributed by atoms with Crippen LogP contribution in [0.4, 0.5) is 5.69 Å². The summed E-state index contributed by atoms with van der Waals surface area (Å²) >= 11 is 1.26. The average Bonchev–Trinajstić information content (AvgIpc) is 2.67. The Morgan fingerprint density at radius 3 is 2.38 bits per heavy atom. The fraction of sp³-hybridized carbons (Fsp3) is 0.500. The smallest absolute Gasteiger partial charge is 0.400 e. The average molecular weight is 347 g/mol. The summed E-state index contributed by atoms with van der Waals surface area (Å²) in [7, 11) is -0.470. The molecule has 0 saturated carbocycles. The molecule has 0 atom stereocenters. The zero-order valence-corrected chi connectivity index (χ0v) is 16.1. The molecule has 0 bridgehead atoms. The van der Waals surface area contributed by atoms with Crippen molar-refractivity contribution in [3.8, 4) is 0 Å². The van der Waals surface area contributed by atoms with Gasteiger partial charge in [-0.2, -0.15) is 0 Å². The first kappa shape index (κ1) is 19.1. The van der Waals surface area contributed by atoms with Gasteiger partial charge in [0.2, 0.25) is 0 Å². The topological polar surface area (TPSA) is 61.6 Å². The molecule has 0 aliphatic carbocycles. The normalized spacial score (nSPS) is 19.6. The Kier molecular flexibility index (Phi) is 5.52. The Balaban J connectivity index is 2.37. The van der Waals surface area contributed by atoms with Gasteiger partial charge in [-0.1, -0.05) is 30.0 Å². The lowest BCUT2D eigenvalue weighted by Crippen LogP contribution is -2.41. The minimum atomic E-state index is -0.470. The van der Waals surface area contributed by atoms with Crippen LogP contribution >= 0.6 is 11.8 Å². The first-order valence-corrected chi connectivity index (χ1v) is 9.06. The number of carbonyl (C=O) groups is 1. The summed E-state index contributed by atoms with van der Waals surface area (Å²) in [5.74, 6) is 0.528. The fourth-order valence-corrected chi connectivity index (χ4v) is 2.97. The fourth-order valence-electron chi connectivity index (χ4n) is 2.39. The lowest BCUT2D eigenvalue weighted by atomic mass is 9.78. The molecule has 0 spiro atoms. The molecule has 0 aromatic heterocycles. The van der Waals surface area contributed by atoms with Gasteiger partial charge in [-0.05, 0) is 57.3 Å². The Morgan fingerprint density at radius 1 is 1.25 bits per heavy atom. The third kappa shape index (κ3) is 4.05. The van der Waals surface area contributed by atoms with Crippen LogP contribution in [0.15, 0.2) is 23.7 Å². The van der Waals surface area contributed by atoms with Crippen LogP contribution in [0.2, 0.25) is 0 Å². The van der Waals surface area contributed by atoms with Gasteiger partial charge in [-0.25, -0.2) is 0 Å². The largest absolute Gasteiger partial charge is 0.491 e. The number of benzene rings is 1. The molecular formula is C18H26BNO3S. The number of hydrogen-bond acceptors (Lipinski definition) is 5. The van der Waals surface area contributed by atoms with Gasteiger partial charge in [-0.3, -0.25) is 4.79 Å². The Bertz CT molecular complexity index is 654. The number of nitrogen functional groups attached to an aromatic ring is 1. The van der Waals surface area contributed by atoms with E-state index in [9.17, 15) is 4.79 Å². The van der Waals surface area contributed by atoms with Gasteiger partial charge in [0.25, 0.3) is 0 Å². The van der Waals surface area contributed by atoms with Crippen molar-refractivity contribution in [2.24, 2.45) is 0 Å². The molecule has 2 rings (SSSR count). The first-order valence-electron chi connectivity index (χ1n) is 8.08. The second-order valence-electron chi connectivity index (χ2n) is 7.15. The van der Waals surface area contributed by atoms with E-state index in [2.05, 4.69) is 0 Å². The molecule has 1 aromatic carbocycles. The molecule has 0 amide bonds. The van der Waals surface area contributed by atoms with Gasteiger partial charge >= 0.3 is 7.12 Å². The molecular weight excluding hydrogens is 321 g/mol. The quantitative estimate of drug-likeness (QED) is 0.662. The van der Waals surface area contributed by atoms with Crippen molar-refractivity contribution in [1.29, 1.82) is 0 Å². The van der Waals surface area contributed by atoms with Crippen molar-refractivity contribution in [3.05, 3.63) is 34.8 Å². The van der Waals surface area contributed by atoms with E-state index in [4.69, 9.17) is 15.0 Å². The highest BCUT2D eigenvalue weighted by atomic mass is 32.2. The van der Waals surface area contributed by atoms with Crippen LogP contribution in [-0.2, 0) is 14.1 Å². The van der Waals surface area contributed by atoms with Crippen molar-refractivity contribution in [1.82, 2.24) is 0 Å². The predicted molar refractivity (Wildman–Crippen MR) is 103 cm³/mol. The van der Waals surface area contributed by atoms with E-state index in [1.807, 2.05) is 58.9 Å². The Morgan fingerprint density at radius 2 is 1.83 bits per heavy atom. The molecule has 1 saturated heterocycles. The molecule has 6 heteroatoms. The van der Waals surface area contributed by atoms with Crippen LogP contribution in [0.5, 0.6) is 0 Å². The highest BCUT2D eigenvalue weighted by molar-refractivity contribution is 8.13. The maximum Gasteiger partial charge on any atom is 0.491 e. The van der Waals surface area contributed by atoms with Crippen LogP contribution < -0.4 is 5.73 Å². The van der Waals surface area contributed by atoms with E-state index >= 15 is 0 Å². The van der Waals surface area contributed by atoms with E-state index in [1.165, 1.54) is 11.8 Å². The Hall–Kier alpha value is -1.24. The predicted octanol–water partition coefficient (Wildman–Crippen LogP) is 3.87. The first-order chi connectivity index (χ1) is 11.0. The second-order valence-corrected chi connectivity index (χ2v) is 8.30. The van der Waals surface area contributed by atoms with Gasteiger partial charge in [-0.15, -0.1) is 0 Å². The molecule has 1 heterocycles. The van der Waals surface area contributed by atoms with Crippen molar-refractivity contribution >= 4 is 35.8 Å². The molecule has 1 fully saturated rings. The number of thioether (sulfide) groups is 1. The van der Waals surface area contributed by atoms with E-state index < -0.39 is 18.3 Å². The standard InChI is InChI=1S/C18H26BNO3S/c1-12-14(8-7-9-16(12)20)10-15(11-24-13(2)21)19-22-17(3,4)18(5,6)23-19/h7-10H,11,20H2,1-6H3. The van der Waals surface area contributed by atoms with E-state index in [0.29, 0.717) is 5.75 Å². The molecule has 1 aliphatic heterocycles. The second kappa shape index (κ2) is 6.94. The number of anilines is 1. The number of rotatable bonds is 4. The summed E-state index contributed by atoms with van der Waals surface area (Å²) in [5.41, 5.74) is 8.89. The highest BCUT2D eigenvalue weighted by Gasteiger charge is 2.52. The van der Waals surface area contributed by atoms with E-state index in [0.717, 1.165) is 22.3 Å². The van der Waals surface area contributed by atoms with Crippen LogP contribution in [-0.4, -0.2) is 29.2 Å². The van der Waals surface area contributed by atoms with E-state index in [-0.39, 0.29) is 5.12 Å². The summed E-state index contributed by atoms with van der Waals surface area (Å²) in [4.78, 5) is 11.4. The van der Waals surface area contributed by atoms with Crippen LogP contribution in [0.25, 0.3) is 6.08 Å². The molecule has 0 radical (unpaired) electrons. The lowest BCUT2D eigenvalue weighted by Gasteiger charge is -2.32. The highest BCUT2D eigenvalue weighted by Crippen LogP contribution is 2.39. The minimum Gasteiger partial charge on any atom is -0.400 e. The van der Waals surface area contributed by atoms with Gasteiger partial charge in [0, 0.05) is 18.4 Å². The lowest BCUT2D eigenvalue weighted by molar-refractivity contribution is -0.109. The van der Waals surface area contributed by atoms with Crippen LogP contribution in [0.3, 0.4) is 0 Å². The molecule has 2 N–H and O–H groups in total. The van der Waals surface area contributed by atoms with Crippen molar-refractivity contribution in [3.63, 3.8) is 0 Å². The molecule has 4 nitrogen and oxygen atoms in total. The van der Waals surface area contributed by atoms with Gasteiger partial charge in [0.1, 0.15) is 0 Å². The van der Waals surface area contributed by atoms with Crippen LogP contribution in [0.1, 0.15) is 45.7 Å². The third-order valence-corrected chi connectivity index (χ3v) is 5.64. The summed E-state index contributed by atoms with van der Waals surface area (Å²) in [5, 5.41) is 0.0710. The number of nitrogens with two attached hydrogens (primary N) is 1. The minimum absolute atomic E-state index is 0.0710. The van der Waals surface area contributed by atoms with Crippen molar-refractivity contribution < 1.29 is 14.1 Å². The van der Waals surface area contributed by atoms with E-state index in [1.54, 1.807) is 6.92 Å². The zero-order valence-electron chi connectivity index (χ0n) is 15.3. The van der Waals surface area contributed by atoms with Crippen LogP contribution in [0, 0.1) is 6.92 Å².